The SMILES string of the molecule is COC1CCCC(N2CCN(c3ccc(N)nc3)CC2)C1. The number of methoxy groups -OCH3 is 1. The highest BCUT2D eigenvalue weighted by molar-refractivity contribution is 5.48. The molecule has 1 saturated heterocycles. The maximum absolute atomic E-state index is 5.65. The second kappa shape index (κ2) is 6.62. The van der Waals surface area contributed by atoms with E-state index in [1.165, 1.54) is 31.4 Å². The maximum Gasteiger partial charge on any atom is 0.123 e. The zero-order chi connectivity index (χ0) is 14.7. The summed E-state index contributed by atoms with van der Waals surface area (Å²) in [6, 6.07) is 4.65. The summed E-state index contributed by atoms with van der Waals surface area (Å²) < 4.78 is 5.56. The first-order chi connectivity index (χ1) is 10.3. The summed E-state index contributed by atoms with van der Waals surface area (Å²) in [7, 11) is 1.85. The molecule has 5 nitrogen and oxygen atoms in total. The Kier molecular flexibility index (Phi) is 4.60. The lowest BCUT2D eigenvalue weighted by Crippen LogP contribution is -2.52. The van der Waals surface area contributed by atoms with E-state index in [-0.39, 0.29) is 0 Å². The lowest BCUT2D eigenvalue weighted by atomic mass is 9.91. The number of aromatic nitrogens is 1. The second-order valence-electron chi connectivity index (χ2n) is 6.14. The zero-order valence-corrected chi connectivity index (χ0v) is 12.9. The molecule has 1 aliphatic carbocycles. The smallest absolute Gasteiger partial charge is 0.123 e. The van der Waals surface area contributed by atoms with Crippen LogP contribution in [0.25, 0.3) is 0 Å². The minimum Gasteiger partial charge on any atom is -0.384 e. The molecule has 2 atom stereocenters. The molecule has 2 unspecified atom stereocenters. The lowest BCUT2D eigenvalue weighted by molar-refractivity contribution is 0.0264. The molecule has 0 radical (unpaired) electrons. The Morgan fingerprint density at radius 3 is 2.67 bits per heavy atom. The largest absolute Gasteiger partial charge is 0.384 e. The number of rotatable bonds is 3. The van der Waals surface area contributed by atoms with Gasteiger partial charge in [0.1, 0.15) is 5.82 Å². The van der Waals surface area contributed by atoms with Crippen molar-refractivity contribution in [3.05, 3.63) is 18.3 Å². The van der Waals surface area contributed by atoms with Crippen LogP contribution in [0, 0.1) is 0 Å². The number of piperazine rings is 1. The minimum absolute atomic E-state index is 0.461. The predicted octanol–water partition coefficient (Wildman–Crippen LogP) is 1.74. The summed E-state index contributed by atoms with van der Waals surface area (Å²) in [6.45, 7) is 4.40. The van der Waals surface area contributed by atoms with Crippen molar-refractivity contribution in [2.75, 3.05) is 43.9 Å². The molecule has 1 aliphatic heterocycles. The molecule has 0 amide bonds. The first-order valence-corrected chi connectivity index (χ1v) is 7.99. The van der Waals surface area contributed by atoms with Crippen LogP contribution in [0.4, 0.5) is 11.5 Å². The average Bonchev–Trinajstić information content (AvgIpc) is 2.56. The molecule has 0 bridgehead atoms. The van der Waals surface area contributed by atoms with E-state index in [0.29, 0.717) is 18.0 Å². The third-order valence-corrected chi connectivity index (χ3v) is 4.90. The molecule has 0 aromatic carbocycles. The van der Waals surface area contributed by atoms with Gasteiger partial charge in [0, 0.05) is 39.3 Å². The Morgan fingerprint density at radius 1 is 1.19 bits per heavy atom. The highest BCUT2D eigenvalue weighted by atomic mass is 16.5. The molecule has 0 spiro atoms. The normalized spacial score (nSPS) is 27.8. The van der Waals surface area contributed by atoms with Gasteiger partial charge in [0.05, 0.1) is 18.0 Å². The molecule has 3 rings (SSSR count). The molecule has 2 aliphatic rings. The highest BCUT2D eigenvalue weighted by Gasteiger charge is 2.29. The number of nitrogens with zero attached hydrogens (tertiary/aromatic N) is 3. The molecular formula is C16H26N4O. The van der Waals surface area contributed by atoms with Gasteiger partial charge < -0.3 is 15.4 Å². The Labute approximate surface area is 127 Å². The number of hydrogen-bond donors (Lipinski definition) is 1. The topological polar surface area (TPSA) is 54.6 Å². The first-order valence-electron chi connectivity index (χ1n) is 7.99. The van der Waals surface area contributed by atoms with Crippen LogP contribution in [-0.4, -0.2) is 55.3 Å². The van der Waals surface area contributed by atoms with Crippen LogP contribution < -0.4 is 10.6 Å². The number of anilines is 2. The lowest BCUT2D eigenvalue weighted by Gasteiger charge is -2.42. The number of nitrogen functional groups attached to an aromatic ring is 1. The van der Waals surface area contributed by atoms with E-state index in [0.717, 1.165) is 26.2 Å². The van der Waals surface area contributed by atoms with Crippen molar-refractivity contribution in [3.63, 3.8) is 0 Å². The fourth-order valence-electron chi connectivity index (χ4n) is 3.60. The van der Waals surface area contributed by atoms with Gasteiger partial charge in [-0.15, -0.1) is 0 Å². The van der Waals surface area contributed by atoms with Crippen molar-refractivity contribution >= 4 is 11.5 Å². The maximum atomic E-state index is 5.65. The van der Waals surface area contributed by atoms with Gasteiger partial charge in [0.15, 0.2) is 0 Å². The number of nitrogens with two attached hydrogens (primary N) is 1. The van der Waals surface area contributed by atoms with E-state index >= 15 is 0 Å². The van der Waals surface area contributed by atoms with Crippen molar-refractivity contribution in [1.82, 2.24) is 9.88 Å². The van der Waals surface area contributed by atoms with E-state index in [2.05, 4.69) is 20.9 Å². The molecule has 21 heavy (non-hydrogen) atoms. The monoisotopic (exact) mass is 290 g/mol. The predicted molar refractivity (Wildman–Crippen MR) is 85.5 cm³/mol. The number of pyridine rings is 1. The van der Waals surface area contributed by atoms with Crippen molar-refractivity contribution < 1.29 is 4.74 Å². The van der Waals surface area contributed by atoms with Crippen LogP contribution in [0.15, 0.2) is 18.3 Å². The van der Waals surface area contributed by atoms with Gasteiger partial charge in [-0.1, -0.05) is 0 Å². The van der Waals surface area contributed by atoms with E-state index in [4.69, 9.17) is 10.5 Å². The number of hydrogen-bond acceptors (Lipinski definition) is 5. The van der Waals surface area contributed by atoms with Gasteiger partial charge in [-0.3, -0.25) is 4.90 Å². The third-order valence-electron chi connectivity index (χ3n) is 4.90. The second-order valence-corrected chi connectivity index (χ2v) is 6.14. The first kappa shape index (κ1) is 14.6. The van der Waals surface area contributed by atoms with Crippen LogP contribution in [0.1, 0.15) is 25.7 Å². The van der Waals surface area contributed by atoms with Crippen LogP contribution >= 0.6 is 0 Å². The summed E-state index contributed by atoms with van der Waals surface area (Å²) in [5.41, 5.74) is 6.83. The molecule has 116 valence electrons. The van der Waals surface area contributed by atoms with Gasteiger partial charge in [-0.25, -0.2) is 4.98 Å². The van der Waals surface area contributed by atoms with Crippen LogP contribution in [0.2, 0.25) is 0 Å². The van der Waals surface area contributed by atoms with Crippen LogP contribution in [-0.2, 0) is 4.74 Å². The van der Waals surface area contributed by atoms with Gasteiger partial charge >= 0.3 is 0 Å². The zero-order valence-electron chi connectivity index (χ0n) is 12.9. The molecule has 2 fully saturated rings. The summed E-state index contributed by atoms with van der Waals surface area (Å²) in [4.78, 5) is 9.24. The molecular weight excluding hydrogens is 264 g/mol. The Bertz CT molecular complexity index is 442. The quantitative estimate of drug-likeness (QED) is 0.919. The summed E-state index contributed by atoms with van der Waals surface area (Å²) >= 11 is 0. The van der Waals surface area contributed by atoms with Crippen molar-refractivity contribution in [2.45, 2.75) is 37.8 Å². The van der Waals surface area contributed by atoms with Crippen molar-refractivity contribution in [3.8, 4) is 0 Å². The Morgan fingerprint density at radius 2 is 2.00 bits per heavy atom. The highest BCUT2D eigenvalue weighted by Crippen LogP contribution is 2.26. The summed E-state index contributed by atoms with van der Waals surface area (Å²) in [5, 5.41) is 0. The van der Waals surface area contributed by atoms with Crippen molar-refractivity contribution in [1.29, 1.82) is 0 Å². The van der Waals surface area contributed by atoms with E-state index < -0.39 is 0 Å². The molecule has 5 heteroatoms. The fraction of sp³-hybridized carbons (Fsp3) is 0.688. The summed E-state index contributed by atoms with van der Waals surface area (Å²) in [5.74, 6) is 0.588. The molecule has 1 saturated carbocycles. The Balaban J connectivity index is 1.54. The van der Waals surface area contributed by atoms with Crippen LogP contribution in [0.5, 0.6) is 0 Å². The Hall–Kier alpha value is -1.33. The fourth-order valence-corrected chi connectivity index (χ4v) is 3.60. The third kappa shape index (κ3) is 3.47. The molecule has 2 N–H and O–H groups in total. The summed E-state index contributed by atoms with van der Waals surface area (Å²) in [6.07, 6.45) is 7.38. The molecule has 1 aromatic rings. The average molecular weight is 290 g/mol. The van der Waals surface area contributed by atoms with E-state index in [1.807, 2.05) is 19.4 Å². The van der Waals surface area contributed by atoms with Gasteiger partial charge in [-0.05, 0) is 37.8 Å². The van der Waals surface area contributed by atoms with Crippen molar-refractivity contribution in [2.24, 2.45) is 0 Å². The van der Waals surface area contributed by atoms with E-state index in [1.54, 1.807) is 0 Å². The minimum atomic E-state index is 0.461. The van der Waals surface area contributed by atoms with Gasteiger partial charge in [0.25, 0.3) is 0 Å². The standard InChI is InChI=1S/C16H26N4O/c1-21-15-4-2-3-13(11-15)19-7-9-20(10-8-19)14-5-6-16(17)18-12-14/h5-6,12-13,15H,2-4,7-11H2,1H3,(H2,17,18). The van der Waals surface area contributed by atoms with Gasteiger partial charge in [-0.2, -0.15) is 0 Å². The molecule has 1 aromatic heterocycles. The van der Waals surface area contributed by atoms with E-state index in [9.17, 15) is 0 Å². The number of ether oxygens (including phenoxy) is 1. The van der Waals surface area contributed by atoms with Crippen LogP contribution in [0.3, 0.4) is 0 Å². The molecule has 2 heterocycles. The van der Waals surface area contributed by atoms with Gasteiger partial charge in [0.2, 0.25) is 0 Å².